The predicted octanol–water partition coefficient (Wildman–Crippen LogP) is 0.612. The van der Waals surface area contributed by atoms with Gasteiger partial charge in [-0.25, -0.2) is 0 Å². The van der Waals surface area contributed by atoms with E-state index in [1.165, 1.54) is 0 Å². The third kappa shape index (κ3) is 3.68. The Morgan fingerprint density at radius 1 is 1.62 bits per heavy atom. The summed E-state index contributed by atoms with van der Waals surface area (Å²) < 4.78 is 1.65. The molecule has 0 amide bonds. The van der Waals surface area contributed by atoms with Crippen molar-refractivity contribution < 1.29 is 9.90 Å². The molecule has 1 N–H and O–H groups in total. The van der Waals surface area contributed by atoms with Crippen LogP contribution in [-0.2, 0) is 18.3 Å². The van der Waals surface area contributed by atoms with Crippen LogP contribution in [-0.4, -0.2) is 26.1 Å². The molecule has 0 unspecified atom stereocenters. The van der Waals surface area contributed by atoms with Gasteiger partial charge in [-0.15, -0.1) is 5.10 Å². The van der Waals surface area contributed by atoms with Crippen LogP contribution in [0.15, 0.2) is 6.20 Å². The fourth-order valence-corrected chi connectivity index (χ4v) is 1.09. The third-order valence-electron chi connectivity index (χ3n) is 1.72. The molecule has 0 aliphatic heterocycles. The maximum absolute atomic E-state index is 10.2. The smallest absolute Gasteiger partial charge is 0.303 e. The van der Waals surface area contributed by atoms with Crippen LogP contribution < -0.4 is 0 Å². The summed E-state index contributed by atoms with van der Waals surface area (Å²) in [6.07, 6.45) is 4.44. The number of rotatable bonds is 5. The fourth-order valence-electron chi connectivity index (χ4n) is 1.09. The predicted molar refractivity (Wildman–Crippen MR) is 46.2 cm³/mol. The Hall–Kier alpha value is -1.39. The minimum atomic E-state index is -0.737. The molecular formula is C8H13N3O2. The molecule has 0 aromatic carbocycles. The Labute approximate surface area is 76.4 Å². The van der Waals surface area contributed by atoms with Crippen molar-refractivity contribution in [2.45, 2.75) is 25.7 Å². The molecule has 0 saturated carbocycles. The zero-order valence-electron chi connectivity index (χ0n) is 7.60. The molecule has 0 aliphatic carbocycles. The standard InChI is InChI=1S/C8H13N3O2/c1-11-6-7(9-10-11)4-2-3-5-8(12)13/h6H,2-5H2,1H3,(H,12,13). The van der Waals surface area contributed by atoms with Gasteiger partial charge >= 0.3 is 5.97 Å². The Morgan fingerprint density at radius 2 is 2.38 bits per heavy atom. The summed E-state index contributed by atoms with van der Waals surface area (Å²) in [6, 6.07) is 0. The van der Waals surface area contributed by atoms with Crippen LogP contribution in [0.3, 0.4) is 0 Å². The normalized spacial score (nSPS) is 10.2. The highest BCUT2D eigenvalue weighted by Crippen LogP contribution is 2.02. The lowest BCUT2D eigenvalue weighted by atomic mass is 10.1. The molecule has 0 radical (unpaired) electrons. The first kappa shape index (κ1) is 9.70. The lowest BCUT2D eigenvalue weighted by Crippen LogP contribution is -1.95. The highest BCUT2D eigenvalue weighted by Gasteiger charge is 2.00. The average Bonchev–Trinajstić information content (AvgIpc) is 2.45. The van der Waals surface area contributed by atoms with E-state index >= 15 is 0 Å². The molecular weight excluding hydrogens is 170 g/mol. The number of hydrogen-bond acceptors (Lipinski definition) is 3. The van der Waals surface area contributed by atoms with E-state index in [1.54, 1.807) is 4.68 Å². The van der Waals surface area contributed by atoms with Gasteiger partial charge in [-0.1, -0.05) is 5.21 Å². The number of carboxylic acids is 1. The minimum Gasteiger partial charge on any atom is -0.481 e. The maximum atomic E-state index is 10.2. The van der Waals surface area contributed by atoms with Crippen molar-refractivity contribution in [3.05, 3.63) is 11.9 Å². The van der Waals surface area contributed by atoms with Gasteiger partial charge in [-0.05, 0) is 19.3 Å². The summed E-state index contributed by atoms with van der Waals surface area (Å²) in [6.45, 7) is 0. The molecule has 1 aromatic rings. The second-order valence-electron chi connectivity index (χ2n) is 2.98. The zero-order valence-corrected chi connectivity index (χ0v) is 7.60. The number of aromatic nitrogens is 3. The number of nitrogens with zero attached hydrogens (tertiary/aromatic N) is 3. The van der Waals surface area contributed by atoms with E-state index in [0.29, 0.717) is 6.42 Å². The Bertz CT molecular complexity index is 283. The Balaban J connectivity index is 2.16. The highest BCUT2D eigenvalue weighted by atomic mass is 16.4. The first-order valence-electron chi connectivity index (χ1n) is 4.25. The average molecular weight is 183 g/mol. The summed E-state index contributed by atoms with van der Waals surface area (Å²) in [7, 11) is 1.81. The molecule has 0 saturated heterocycles. The van der Waals surface area contributed by atoms with Crippen LogP contribution in [0.25, 0.3) is 0 Å². The molecule has 72 valence electrons. The van der Waals surface area contributed by atoms with Crippen molar-refractivity contribution in [3.63, 3.8) is 0 Å². The van der Waals surface area contributed by atoms with Crippen LogP contribution in [0, 0.1) is 0 Å². The Kier molecular flexibility index (Phi) is 3.42. The molecule has 5 nitrogen and oxygen atoms in total. The second-order valence-corrected chi connectivity index (χ2v) is 2.98. The van der Waals surface area contributed by atoms with Gasteiger partial charge < -0.3 is 5.11 Å². The van der Waals surface area contributed by atoms with E-state index in [4.69, 9.17) is 5.11 Å². The van der Waals surface area contributed by atoms with E-state index in [9.17, 15) is 4.79 Å². The van der Waals surface area contributed by atoms with Crippen LogP contribution in [0.1, 0.15) is 25.0 Å². The molecule has 0 bridgehead atoms. The van der Waals surface area contributed by atoms with Crippen molar-refractivity contribution in [2.75, 3.05) is 0 Å². The fraction of sp³-hybridized carbons (Fsp3) is 0.625. The zero-order chi connectivity index (χ0) is 9.68. The van der Waals surface area contributed by atoms with Crippen LogP contribution in [0.5, 0.6) is 0 Å². The van der Waals surface area contributed by atoms with Crippen molar-refractivity contribution in [2.24, 2.45) is 7.05 Å². The van der Waals surface area contributed by atoms with Crippen LogP contribution >= 0.6 is 0 Å². The summed E-state index contributed by atoms with van der Waals surface area (Å²) in [5, 5.41) is 16.1. The molecule has 5 heteroatoms. The molecule has 1 aromatic heterocycles. The minimum absolute atomic E-state index is 0.236. The molecule has 0 aliphatic rings. The molecule has 13 heavy (non-hydrogen) atoms. The van der Waals surface area contributed by atoms with Crippen molar-refractivity contribution >= 4 is 5.97 Å². The number of carbonyl (C=O) groups is 1. The van der Waals surface area contributed by atoms with Crippen molar-refractivity contribution in [1.29, 1.82) is 0 Å². The van der Waals surface area contributed by atoms with E-state index in [-0.39, 0.29) is 6.42 Å². The molecule has 1 heterocycles. The van der Waals surface area contributed by atoms with Gasteiger partial charge in [0.25, 0.3) is 0 Å². The van der Waals surface area contributed by atoms with Gasteiger partial charge in [0.15, 0.2) is 0 Å². The monoisotopic (exact) mass is 183 g/mol. The quantitative estimate of drug-likeness (QED) is 0.679. The van der Waals surface area contributed by atoms with Gasteiger partial charge in [0, 0.05) is 19.7 Å². The van der Waals surface area contributed by atoms with Gasteiger partial charge in [0.05, 0.1) is 5.69 Å². The van der Waals surface area contributed by atoms with Crippen molar-refractivity contribution in [3.8, 4) is 0 Å². The van der Waals surface area contributed by atoms with Gasteiger partial charge in [-0.2, -0.15) is 0 Å². The highest BCUT2D eigenvalue weighted by molar-refractivity contribution is 5.66. The molecule has 0 spiro atoms. The summed E-state index contributed by atoms with van der Waals surface area (Å²) in [5.74, 6) is -0.737. The number of hydrogen-bond donors (Lipinski definition) is 1. The number of carboxylic acid groups (broad SMARTS) is 1. The van der Waals surface area contributed by atoms with E-state index < -0.39 is 5.97 Å². The van der Waals surface area contributed by atoms with E-state index in [1.807, 2.05) is 13.2 Å². The first-order chi connectivity index (χ1) is 6.18. The van der Waals surface area contributed by atoms with Gasteiger partial charge in [0.2, 0.25) is 0 Å². The lowest BCUT2D eigenvalue weighted by Gasteiger charge is -1.93. The first-order valence-corrected chi connectivity index (χ1v) is 4.25. The Morgan fingerprint density at radius 3 is 2.92 bits per heavy atom. The van der Waals surface area contributed by atoms with Crippen LogP contribution in [0.2, 0.25) is 0 Å². The van der Waals surface area contributed by atoms with Gasteiger partial charge in [0.1, 0.15) is 0 Å². The number of aliphatic carboxylic acids is 1. The summed E-state index contributed by atoms with van der Waals surface area (Å²) >= 11 is 0. The van der Waals surface area contributed by atoms with E-state index in [2.05, 4.69) is 10.3 Å². The third-order valence-corrected chi connectivity index (χ3v) is 1.72. The van der Waals surface area contributed by atoms with Crippen LogP contribution in [0.4, 0.5) is 0 Å². The SMILES string of the molecule is Cn1cc(CCCCC(=O)O)nn1. The summed E-state index contributed by atoms with van der Waals surface area (Å²) in [4.78, 5) is 10.2. The number of aryl methyl sites for hydroxylation is 2. The molecule has 1 rings (SSSR count). The molecule has 0 fully saturated rings. The van der Waals surface area contributed by atoms with Gasteiger partial charge in [-0.3, -0.25) is 9.48 Å². The second kappa shape index (κ2) is 4.59. The maximum Gasteiger partial charge on any atom is 0.303 e. The van der Waals surface area contributed by atoms with E-state index in [0.717, 1.165) is 18.5 Å². The largest absolute Gasteiger partial charge is 0.481 e. The lowest BCUT2D eigenvalue weighted by molar-refractivity contribution is -0.137. The topological polar surface area (TPSA) is 68.0 Å². The van der Waals surface area contributed by atoms with Crippen molar-refractivity contribution in [1.82, 2.24) is 15.0 Å². The molecule has 0 atom stereocenters. The number of unbranched alkanes of at least 4 members (excludes halogenated alkanes) is 1. The summed E-state index contributed by atoms with van der Waals surface area (Å²) in [5.41, 5.74) is 0.924.